The van der Waals surface area contributed by atoms with Crippen LogP contribution in [0, 0.1) is 0 Å². The van der Waals surface area contributed by atoms with E-state index < -0.39 is 28.5 Å². The molecular weight excluding hydrogens is 566 g/mol. The summed E-state index contributed by atoms with van der Waals surface area (Å²) in [6, 6.07) is 18.4. The van der Waals surface area contributed by atoms with Crippen LogP contribution in [-0.4, -0.2) is 58.0 Å². The Balaban J connectivity index is 2.06. The largest absolute Gasteiger partial charge is 0.493 e. The molecule has 11 heteroatoms. The van der Waals surface area contributed by atoms with Gasteiger partial charge in [0.15, 0.2) is 11.5 Å². The number of ether oxygens (including phenoxy) is 2. The Morgan fingerprint density at radius 3 is 2.15 bits per heavy atom. The van der Waals surface area contributed by atoms with Gasteiger partial charge in [0, 0.05) is 23.7 Å². The number of rotatable bonds is 13. The second-order valence-electron chi connectivity index (χ2n) is 9.51. The number of carbonyl (C=O) groups is 2. The number of methoxy groups -OCH3 is 2. The maximum Gasteiger partial charge on any atom is 0.264 e. The van der Waals surface area contributed by atoms with Crippen LogP contribution in [0.4, 0.5) is 5.69 Å². The lowest BCUT2D eigenvalue weighted by Gasteiger charge is -2.32. The van der Waals surface area contributed by atoms with Crippen LogP contribution >= 0.6 is 11.6 Å². The summed E-state index contributed by atoms with van der Waals surface area (Å²) in [5, 5.41) is 3.44. The van der Waals surface area contributed by atoms with Gasteiger partial charge in [-0.25, -0.2) is 8.42 Å². The number of nitrogens with one attached hydrogen (secondary N) is 1. The zero-order valence-electron chi connectivity index (χ0n) is 23.8. The third kappa shape index (κ3) is 7.92. The third-order valence-electron chi connectivity index (χ3n) is 6.70. The van der Waals surface area contributed by atoms with Gasteiger partial charge in [0.25, 0.3) is 10.0 Å². The average Bonchev–Trinajstić information content (AvgIpc) is 2.98. The lowest BCUT2D eigenvalue weighted by molar-refractivity contribution is -0.139. The lowest BCUT2D eigenvalue weighted by atomic mass is 10.1. The van der Waals surface area contributed by atoms with Gasteiger partial charge >= 0.3 is 0 Å². The van der Waals surface area contributed by atoms with Crippen LogP contribution in [0.3, 0.4) is 0 Å². The second kappa shape index (κ2) is 14.2. The van der Waals surface area contributed by atoms with E-state index in [1.807, 2.05) is 13.8 Å². The van der Waals surface area contributed by atoms with Gasteiger partial charge in [-0.05, 0) is 62.2 Å². The molecule has 0 saturated heterocycles. The maximum absolute atomic E-state index is 14.0. The Morgan fingerprint density at radius 2 is 1.56 bits per heavy atom. The van der Waals surface area contributed by atoms with Crippen molar-refractivity contribution in [1.82, 2.24) is 10.2 Å². The molecule has 41 heavy (non-hydrogen) atoms. The van der Waals surface area contributed by atoms with Crippen LogP contribution < -0.4 is 19.1 Å². The van der Waals surface area contributed by atoms with Gasteiger partial charge in [-0.3, -0.25) is 13.9 Å². The van der Waals surface area contributed by atoms with E-state index in [-0.39, 0.29) is 29.1 Å². The number of sulfonamides is 1. The van der Waals surface area contributed by atoms with Gasteiger partial charge in [0.1, 0.15) is 12.6 Å². The molecular formula is C30H36ClN3O6S. The first-order chi connectivity index (χ1) is 19.5. The zero-order valence-corrected chi connectivity index (χ0v) is 25.4. The predicted octanol–water partition coefficient (Wildman–Crippen LogP) is 4.88. The number of amides is 2. The predicted molar refractivity (Wildman–Crippen MR) is 160 cm³/mol. The molecule has 0 spiro atoms. The molecule has 0 saturated carbocycles. The summed E-state index contributed by atoms with van der Waals surface area (Å²) in [7, 11) is -1.29. The first-order valence-electron chi connectivity index (χ1n) is 13.2. The molecule has 0 aliphatic rings. The van der Waals surface area contributed by atoms with Crippen molar-refractivity contribution < 1.29 is 27.5 Å². The summed E-state index contributed by atoms with van der Waals surface area (Å²) in [5.74, 6) is -0.212. The summed E-state index contributed by atoms with van der Waals surface area (Å²) in [6.07, 6.45) is 0.714. The van der Waals surface area contributed by atoms with Crippen LogP contribution in [-0.2, 0) is 26.2 Å². The minimum Gasteiger partial charge on any atom is -0.493 e. The molecule has 0 radical (unpaired) electrons. The molecule has 0 bridgehead atoms. The highest BCUT2D eigenvalue weighted by molar-refractivity contribution is 7.92. The van der Waals surface area contributed by atoms with E-state index in [4.69, 9.17) is 21.1 Å². The molecule has 0 fully saturated rings. The zero-order chi connectivity index (χ0) is 30.2. The van der Waals surface area contributed by atoms with E-state index in [0.717, 1.165) is 9.87 Å². The summed E-state index contributed by atoms with van der Waals surface area (Å²) in [5.41, 5.74) is 0.928. The molecule has 0 aliphatic heterocycles. The Morgan fingerprint density at radius 1 is 0.927 bits per heavy atom. The van der Waals surface area contributed by atoms with E-state index in [1.165, 1.54) is 43.4 Å². The van der Waals surface area contributed by atoms with Gasteiger partial charge < -0.3 is 19.7 Å². The van der Waals surface area contributed by atoms with Crippen molar-refractivity contribution in [2.75, 3.05) is 25.1 Å². The van der Waals surface area contributed by atoms with Crippen molar-refractivity contribution in [3.63, 3.8) is 0 Å². The molecule has 0 aliphatic carbocycles. The average molecular weight is 602 g/mol. The molecule has 1 N–H and O–H groups in total. The van der Waals surface area contributed by atoms with Crippen LogP contribution in [0.15, 0.2) is 77.7 Å². The number of halogens is 1. The number of nitrogens with zero attached hydrogens (tertiary/aromatic N) is 2. The molecule has 9 nitrogen and oxygen atoms in total. The second-order valence-corrected chi connectivity index (χ2v) is 11.8. The molecule has 2 atom stereocenters. The first-order valence-corrected chi connectivity index (χ1v) is 15.0. The normalized spacial score (nSPS) is 12.6. The van der Waals surface area contributed by atoms with Crippen molar-refractivity contribution in [3.8, 4) is 11.5 Å². The fraction of sp³-hybridized carbons (Fsp3) is 0.333. The van der Waals surface area contributed by atoms with Crippen LogP contribution in [0.5, 0.6) is 11.5 Å². The van der Waals surface area contributed by atoms with E-state index in [0.29, 0.717) is 22.9 Å². The highest BCUT2D eigenvalue weighted by atomic mass is 35.5. The minimum atomic E-state index is -4.20. The van der Waals surface area contributed by atoms with E-state index in [2.05, 4.69) is 5.32 Å². The summed E-state index contributed by atoms with van der Waals surface area (Å²) in [6.45, 7) is 4.94. The monoisotopic (exact) mass is 601 g/mol. The quantitative estimate of drug-likeness (QED) is 0.299. The van der Waals surface area contributed by atoms with Gasteiger partial charge in [-0.2, -0.15) is 0 Å². The topological polar surface area (TPSA) is 105 Å². The van der Waals surface area contributed by atoms with Crippen molar-refractivity contribution in [3.05, 3.63) is 83.4 Å². The number of carbonyl (C=O) groups excluding carboxylic acids is 2. The highest BCUT2D eigenvalue weighted by Gasteiger charge is 2.33. The van der Waals surface area contributed by atoms with Crippen LogP contribution in [0.2, 0.25) is 5.02 Å². The molecule has 220 valence electrons. The first kappa shape index (κ1) is 31.8. The fourth-order valence-corrected chi connectivity index (χ4v) is 5.62. The Kier molecular flexibility index (Phi) is 11.0. The fourth-order valence-electron chi connectivity index (χ4n) is 4.06. The lowest BCUT2D eigenvalue weighted by Crippen LogP contribution is -2.52. The molecule has 0 heterocycles. The van der Waals surface area contributed by atoms with Crippen molar-refractivity contribution in [1.29, 1.82) is 0 Å². The van der Waals surface area contributed by atoms with Crippen molar-refractivity contribution in [2.45, 2.75) is 50.7 Å². The Hall–Kier alpha value is -3.76. The summed E-state index contributed by atoms with van der Waals surface area (Å²) >= 11 is 6.05. The molecule has 0 aromatic heterocycles. The minimum absolute atomic E-state index is 0.00870. The summed E-state index contributed by atoms with van der Waals surface area (Å²) in [4.78, 5) is 28.5. The van der Waals surface area contributed by atoms with Gasteiger partial charge in [-0.15, -0.1) is 0 Å². The van der Waals surface area contributed by atoms with Crippen molar-refractivity contribution in [2.24, 2.45) is 0 Å². The summed E-state index contributed by atoms with van der Waals surface area (Å²) < 4.78 is 39.6. The van der Waals surface area contributed by atoms with Gasteiger partial charge in [0.05, 0.1) is 24.8 Å². The smallest absolute Gasteiger partial charge is 0.264 e. The van der Waals surface area contributed by atoms with E-state index in [1.54, 1.807) is 55.5 Å². The van der Waals surface area contributed by atoms with Gasteiger partial charge in [0.2, 0.25) is 11.8 Å². The number of anilines is 1. The molecule has 3 aromatic carbocycles. The highest BCUT2D eigenvalue weighted by Crippen LogP contribution is 2.34. The van der Waals surface area contributed by atoms with Gasteiger partial charge in [-0.1, -0.05) is 48.9 Å². The van der Waals surface area contributed by atoms with Crippen LogP contribution in [0.1, 0.15) is 32.8 Å². The Labute approximate surface area is 247 Å². The SMILES string of the molecule is CC[C@@H](C)NC(=O)[C@@H](C)N(Cc1ccc(Cl)cc1)C(=O)CN(c1ccc(OC)c(OC)c1)S(=O)(=O)c1ccccc1. The number of hydrogen-bond donors (Lipinski definition) is 1. The molecule has 3 aromatic rings. The number of benzene rings is 3. The molecule has 0 unspecified atom stereocenters. The standard InChI is InChI=1S/C30H36ClN3O6S/c1-6-21(2)32-30(36)22(3)33(19-23-12-14-24(31)15-13-23)29(35)20-34(41(37,38)26-10-8-7-9-11-26)25-16-17-27(39-4)28(18-25)40-5/h7-18,21-22H,6,19-20H2,1-5H3,(H,32,36)/t21-,22-/m1/s1. The molecule has 3 rings (SSSR count). The Bertz CT molecular complexity index is 1430. The van der Waals surface area contributed by atoms with E-state index >= 15 is 0 Å². The van der Waals surface area contributed by atoms with Crippen LogP contribution in [0.25, 0.3) is 0 Å². The van der Waals surface area contributed by atoms with Crippen molar-refractivity contribution >= 4 is 39.1 Å². The van der Waals surface area contributed by atoms with E-state index in [9.17, 15) is 18.0 Å². The molecule has 2 amide bonds. The third-order valence-corrected chi connectivity index (χ3v) is 8.74. The maximum atomic E-state index is 14.0. The number of hydrogen-bond acceptors (Lipinski definition) is 6.